The summed E-state index contributed by atoms with van der Waals surface area (Å²) in [7, 11) is 0. The van der Waals surface area contributed by atoms with Gasteiger partial charge in [-0.25, -0.2) is 0 Å². The molecule has 112 valence electrons. The highest BCUT2D eigenvalue weighted by Crippen LogP contribution is 2.38. The lowest BCUT2D eigenvalue weighted by Gasteiger charge is -2.35. The van der Waals surface area contributed by atoms with Gasteiger partial charge in [-0.1, -0.05) is 32.6 Å². The van der Waals surface area contributed by atoms with Crippen LogP contribution in [0.3, 0.4) is 0 Å². The number of nitrogens with two attached hydrogens (primary N) is 1. The standard InChI is InChI=1S/C15H30N2O2/c1-2-3-10-19-11-9-17-14(18)12-15(13-16)7-5-4-6-8-15/h2-13,16H2,1H3,(H,17,18). The van der Waals surface area contributed by atoms with E-state index in [-0.39, 0.29) is 11.3 Å². The molecule has 0 heterocycles. The Balaban J connectivity index is 2.15. The molecule has 1 fully saturated rings. The maximum atomic E-state index is 11.9. The van der Waals surface area contributed by atoms with Gasteiger partial charge in [0.1, 0.15) is 0 Å². The number of rotatable bonds is 9. The minimum Gasteiger partial charge on any atom is -0.380 e. The molecule has 0 aromatic carbocycles. The first kappa shape index (κ1) is 16.4. The Morgan fingerprint density at radius 1 is 1.26 bits per heavy atom. The third-order valence-corrected chi connectivity index (χ3v) is 4.09. The van der Waals surface area contributed by atoms with Gasteiger partial charge in [-0.3, -0.25) is 4.79 Å². The molecule has 3 N–H and O–H groups in total. The van der Waals surface area contributed by atoms with E-state index in [1.807, 2.05) is 0 Å². The Morgan fingerprint density at radius 2 is 2.00 bits per heavy atom. The fourth-order valence-corrected chi connectivity index (χ4v) is 2.77. The van der Waals surface area contributed by atoms with Crippen LogP contribution >= 0.6 is 0 Å². The third kappa shape index (κ3) is 6.39. The number of ether oxygens (including phenoxy) is 1. The van der Waals surface area contributed by atoms with E-state index in [1.165, 1.54) is 19.3 Å². The molecule has 0 aromatic heterocycles. The summed E-state index contributed by atoms with van der Waals surface area (Å²) in [5.41, 5.74) is 5.95. The van der Waals surface area contributed by atoms with E-state index in [2.05, 4.69) is 12.2 Å². The Hall–Kier alpha value is -0.610. The molecule has 1 aliphatic rings. The summed E-state index contributed by atoms with van der Waals surface area (Å²) in [5, 5.41) is 2.95. The van der Waals surface area contributed by atoms with Crippen molar-refractivity contribution >= 4 is 5.91 Å². The molecular formula is C15H30N2O2. The van der Waals surface area contributed by atoms with Gasteiger partial charge in [-0.05, 0) is 31.2 Å². The fraction of sp³-hybridized carbons (Fsp3) is 0.933. The highest BCUT2D eigenvalue weighted by molar-refractivity contribution is 5.76. The number of unbranched alkanes of at least 4 members (excludes halogenated alkanes) is 1. The second kappa shape index (κ2) is 9.32. The summed E-state index contributed by atoms with van der Waals surface area (Å²) in [6.07, 6.45) is 8.73. The lowest BCUT2D eigenvalue weighted by Crippen LogP contribution is -2.39. The second-order valence-corrected chi connectivity index (χ2v) is 5.76. The van der Waals surface area contributed by atoms with Crippen LogP contribution in [0.1, 0.15) is 58.3 Å². The number of hydrogen-bond acceptors (Lipinski definition) is 3. The minimum absolute atomic E-state index is 0.0609. The molecule has 0 atom stereocenters. The third-order valence-electron chi connectivity index (χ3n) is 4.09. The number of carbonyl (C=O) groups excluding carboxylic acids is 1. The molecule has 1 rings (SSSR count). The summed E-state index contributed by atoms with van der Waals surface area (Å²) < 4.78 is 5.43. The molecule has 1 amide bonds. The molecule has 0 unspecified atom stereocenters. The fourth-order valence-electron chi connectivity index (χ4n) is 2.77. The molecule has 0 saturated heterocycles. The molecular weight excluding hydrogens is 240 g/mol. The largest absolute Gasteiger partial charge is 0.380 e. The van der Waals surface area contributed by atoms with E-state index in [4.69, 9.17) is 10.5 Å². The summed E-state index contributed by atoms with van der Waals surface area (Å²) in [6, 6.07) is 0. The van der Waals surface area contributed by atoms with Crippen molar-refractivity contribution in [1.29, 1.82) is 0 Å². The second-order valence-electron chi connectivity index (χ2n) is 5.76. The number of nitrogens with one attached hydrogen (secondary N) is 1. The van der Waals surface area contributed by atoms with Gasteiger partial charge in [0.25, 0.3) is 0 Å². The lowest BCUT2D eigenvalue weighted by molar-refractivity contribution is -0.124. The molecule has 0 radical (unpaired) electrons. The highest BCUT2D eigenvalue weighted by atomic mass is 16.5. The first-order valence-corrected chi connectivity index (χ1v) is 7.77. The summed E-state index contributed by atoms with van der Waals surface area (Å²) in [4.78, 5) is 11.9. The molecule has 4 nitrogen and oxygen atoms in total. The van der Waals surface area contributed by atoms with E-state index in [1.54, 1.807) is 0 Å². The van der Waals surface area contributed by atoms with Crippen LogP contribution in [0.5, 0.6) is 0 Å². The van der Waals surface area contributed by atoms with Crippen LogP contribution in [0, 0.1) is 5.41 Å². The SMILES string of the molecule is CCCCOCCNC(=O)CC1(CN)CCCCC1. The topological polar surface area (TPSA) is 64.3 Å². The van der Waals surface area contributed by atoms with Gasteiger partial charge in [-0.2, -0.15) is 0 Å². The smallest absolute Gasteiger partial charge is 0.220 e. The van der Waals surface area contributed by atoms with Crippen molar-refractivity contribution in [2.45, 2.75) is 58.3 Å². The van der Waals surface area contributed by atoms with Gasteiger partial charge < -0.3 is 15.8 Å². The van der Waals surface area contributed by atoms with Gasteiger partial charge in [0.2, 0.25) is 5.91 Å². The van der Waals surface area contributed by atoms with Crippen LogP contribution in [0.25, 0.3) is 0 Å². The van der Waals surface area contributed by atoms with Crippen LogP contribution in [-0.4, -0.2) is 32.2 Å². The van der Waals surface area contributed by atoms with Crippen molar-refractivity contribution in [1.82, 2.24) is 5.32 Å². The monoisotopic (exact) mass is 270 g/mol. The summed E-state index contributed by atoms with van der Waals surface area (Å²) in [5.74, 6) is 0.131. The van der Waals surface area contributed by atoms with Crippen molar-refractivity contribution in [2.24, 2.45) is 11.1 Å². The first-order chi connectivity index (χ1) is 9.22. The lowest BCUT2D eigenvalue weighted by atomic mass is 9.72. The Morgan fingerprint density at radius 3 is 2.63 bits per heavy atom. The zero-order valence-corrected chi connectivity index (χ0v) is 12.4. The van der Waals surface area contributed by atoms with E-state index in [0.29, 0.717) is 26.1 Å². The van der Waals surface area contributed by atoms with Gasteiger partial charge in [0, 0.05) is 19.6 Å². The van der Waals surface area contributed by atoms with Crippen molar-refractivity contribution in [3.05, 3.63) is 0 Å². The summed E-state index contributed by atoms with van der Waals surface area (Å²) in [6.45, 7) is 4.79. The zero-order chi connectivity index (χ0) is 14.0. The van der Waals surface area contributed by atoms with Crippen LogP contribution in [0.2, 0.25) is 0 Å². The van der Waals surface area contributed by atoms with Crippen molar-refractivity contribution in [3.63, 3.8) is 0 Å². The zero-order valence-electron chi connectivity index (χ0n) is 12.4. The maximum absolute atomic E-state index is 11.9. The normalized spacial score (nSPS) is 18.2. The van der Waals surface area contributed by atoms with E-state index in [9.17, 15) is 4.79 Å². The van der Waals surface area contributed by atoms with Crippen LogP contribution < -0.4 is 11.1 Å². The van der Waals surface area contributed by atoms with Gasteiger partial charge in [0.15, 0.2) is 0 Å². The average Bonchev–Trinajstić information content (AvgIpc) is 2.43. The molecule has 4 heteroatoms. The molecule has 1 saturated carbocycles. The molecule has 0 aliphatic heterocycles. The molecule has 0 aromatic rings. The predicted octanol–water partition coefficient (Wildman–Crippen LogP) is 2.22. The molecule has 19 heavy (non-hydrogen) atoms. The average molecular weight is 270 g/mol. The maximum Gasteiger partial charge on any atom is 0.220 e. The molecule has 0 bridgehead atoms. The van der Waals surface area contributed by atoms with Crippen LogP contribution in [0.4, 0.5) is 0 Å². The summed E-state index contributed by atoms with van der Waals surface area (Å²) >= 11 is 0. The number of amides is 1. The van der Waals surface area contributed by atoms with Crippen LogP contribution in [0.15, 0.2) is 0 Å². The molecule has 1 aliphatic carbocycles. The minimum atomic E-state index is 0.0609. The van der Waals surface area contributed by atoms with Crippen molar-refractivity contribution in [3.8, 4) is 0 Å². The molecule has 0 spiro atoms. The quantitative estimate of drug-likeness (QED) is 0.631. The number of hydrogen-bond donors (Lipinski definition) is 2. The Bertz CT molecular complexity index is 251. The van der Waals surface area contributed by atoms with Gasteiger partial charge in [-0.15, -0.1) is 0 Å². The van der Waals surface area contributed by atoms with Crippen molar-refractivity contribution < 1.29 is 9.53 Å². The van der Waals surface area contributed by atoms with Gasteiger partial charge in [0.05, 0.1) is 6.61 Å². The highest BCUT2D eigenvalue weighted by Gasteiger charge is 2.32. The predicted molar refractivity (Wildman–Crippen MR) is 77.9 cm³/mol. The Labute approximate surface area is 117 Å². The van der Waals surface area contributed by atoms with E-state index < -0.39 is 0 Å². The number of carbonyl (C=O) groups is 1. The van der Waals surface area contributed by atoms with Gasteiger partial charge >= 0.3 is 0 Å². The van der Waals surface area contributed by atoms with E-state index in [0.717, 1.165) is 32.3 Å². The first-order valence-electron chi connectivity index (χ1n) is 7.77. The Kier molecular flexibility index (Phi) is 8.07. The van der Waals surface area contributed by atoms with E-state index >= 15 is 0 Å². The van der Waals surface area contributed by atoms with Crippen LogP contribution in [-0.2, 0) is 9.53 Å². The van der Waals surface area contributed by atoms with Crippen molar-refractivity contribution in [2.75, 3.05) is 26.3 Å².